The van der Waals surface area contributed by atoms with Crippen LogP contribution in [0.4, 0.5) is 13.2 Å². The van der Waals surface area contributed by atoms with Gasteiger partial charge in [0.1, 0.15) is 12.3 Å². The lowest BCUT2D eigenvalue weighted by molar-refractivity contribution is -0.132. The van der Waals surface area contributed by atoms with E-state index in [1.54, 1.807) is 6.92 Å². The number of carbonyl (C=O) groups is 1. The number of aliphatic imine (C=N–C) groups is 1. The molecular weight excluding hydrogens is 416 g/mol. The Kier molecular flexibility index (Phi) is 8.90. The number of rotatable bonds is 6. The summed E-state index contributed by atoms with van der Waals surface area (Å²) < 4.78 is 41.3. The van der Waals surface area contributed by atoms with E-state index in [1.165, 1.54) is 12.1 Å². The fourth-order valence-electron chi connectivity index (χ4n) is 1.42. The summed E-state index contributed by atoms with van der Waals surface area (Å²) in [7, 11) is 0. The number of amides is 1. The smallest absolute Gasteiger partial charge is 0.390 e. The maximum atomic E-state index is 12.1. The van der Waals surface area contributed by atoms with Gasteiger partial charge in [0, 0.05) is 13.1 Å². The van der Waals surface area contributed by atoms with Gasteiger partial charge in [-0.15, -0.1) is 24.0 Å². The molecule has 1 aromatic heterocycles. The quantitative estimate of drug-likeness (QED) is 0.363. The Labute approximate surface area is 142 Å². The van der Waals surface area contributed by atoms with E-state index in [1.807, 2.05) is 0 Å². The summed E-state index contributed by atoms with van der Waals surface area (Å²) in [4.78, 5) is 14.9. The molecule has 0 aliphatic rings. The molecule has 0 saturated heterocycles. The predicted octanol–water partition coefficient (Wildman–Crippen LogP) is 2.00. The summed E-state index contributed by atoms with van der Waals surface area (Å²) >= 11 is 0. The Hall–Kier alpha value is -1.46. The molecule has 0 radical (unpaired) electrons. The summed E-state index contributed by atoms with van der Waals surface area (Å²) in [5.74, 6) is -0.0636. The molecule has 22 heavy (non-hydrogen) atoms. The van der Waals surface area contributed by atoms with Crippen molar-refractivity contribution in [1.29, 1.82) is 0 Å². The second kappa shape index (κ2) is 9.54. The van der Waals surface area contributed by atoms with Crippen molar-refractivity contribution in [2.75, 3.05) is 13.1 Å². The molecule has 1 heterocycles. The van der Waals surface area contributed by atoms with Crippen LogP contribution in [0.15, 0.2) is 21.5 Å². The number of alkyl halides is 3. The fourth-order valence-corrected chi connectivity index (χ4v) is 1.42. The highest BCUT2D eigenvalue weighted by atomic mass is 127. The molecule has 1 rings (SSSR count). The van der Waals surface area contributed by atoms with E-state index in [0.29, 0.717) is 12.3 Å². The third-order valence-electron chi connectivity index (χ3n) is 2.34. The van der Waals surface area contributed by atoms with Gasteiger partial charge in [0.2, 0.25) is 0 Å². The fraction of sp³-hybridized carbons (Fsp3) is 0.500. The lowest BCUT2D eigenvalue weighted by Crippen LogP contribution is -2.38. The minimum atomic E-state index is -4.22. The van der Waals surface area contributed by atoms with Gasteiger partial charge < -0.3 is 20.8 Å². The molecule has 0 atom stereocenters. The first-order chi connectivity index (χ1) is 9.81. The van der Waals surface area contributed by atoms with Crippen LogP contribution in [0.2, 0.25) is 0 Å². The zero-order chi connectivity index (χ0) is 15.9. The van der Waals surface area contributed by atoms with Crippen molar-refractivity contribution in [3.63, 3.8) is 0 Å². The van der Waals surface area contributed by atoms with Crippen molar-refractivity contribution in [2.24, 2.45) is 10.7 Å². The molecule has 0 spiro atoms. The lowest BCUT2D eigenvalue weighted by atomic mass is 10.4. The molecule has 10 heteroatoms. The highest BCUT2D eigenvalue weighted by molar-refractivity contribution is 14.0. The highest BCUT2D eigenvalue weighted by Gasteiger charge is 2.26. The number of carbonyl (C=O) groups excluding carboxylic acids is 1. The van der Waals surface area contributed by atoms with E-state index in [2.05, 4.69) is 15.6 Å². The van der Waals surface area contributed by atoms with Gasteiger partial charge in [0.25, 0.3) is 5.91 Å². The second-order valence-corrected chi connectivity index (χ2v) is 4.12. The van der Waals surface area contributed by atoms with E-state index in [0.717, 1.165) is 0 Å². The third kappa shape index (κ3) is 8.10. The van der Waals surface area contributed by atoms with Crippen LogP contribution in [-0.4, -0.2) is 31.1 Å². The van der Waals surface area contributed by atoms with Crippen molar-refractivity contribution < 1.29 is 22.4 Å². The molecule has 0 saturated carbocycles. The Bertz CT molecular complexity index is 503. The van der Waals surface area contributed by atoms with Gasteiger partial charge in [-0.05, 0) is 19.1 Å². The predicted molar refractivity (Wildman–Crippen MR) is 86.1 cm³/mol. The largest absolute Gasteiger partial charge is 0.454 e. The van der Waals surface area contributed by atoms with Crippen LogP contribution in [-0.2, 0) is 6.54 Å². The first kappa shape index (κ1) is 20.5. The summed E-state index contributed by atoms with van der Waals surface area (Å²) in [6.45, 7) is 2.09. The standard InChI is InChI=1S/C12H17F3N4O2.HI/c1-2-17-11(18-6-5-12(13,14)15)19-7-8-3-4-9(21-8)10(16)20;/h3-4H,2,5-7H2,1H3,(H2,16,20)(H2,17,18,19);1H. The second-order valence-electron chi connectivity index (χ2n) is 4.12. The number of nitrogens with one attached hydrogen (secondary N) is 2. The third-order valence-corrected chi connectivity index (χ3v) is 2.34. The van der Waals surface area contributed by atoms with Crippen LogP contribution >= 0.6 is 24.0 Å². The van der Waals surface area contributed by atoms with Gasteiger partial charge in [-0.1, -0.05) is 0 Å². The molecule has 0 fully saturated rings. The molecule has 1 aromatic rings. The molecule has 4 N–H and O–H groups in total. The van der Waals surface area contributed by atoms with Gasteiger partial charge >= 0.3 is 6.18 Å². The topological polar surface area (TPSA) is 92.6 Å². The van der Waals surface area contributed by atoms with E-state index in [9.17, 15) is 18.0 Å². The maximum absolute atomic E-state index is 12.1. The van der Waals surface area contributed by atoms with E-state index < -0.39 is 18.5 Å². The van der Waals surface area contributed by atoms with Crippen LogP contribution in [0.1, 0.15) is 29.7 Å². The summed E-state index contributed by atoms with van der Waals surface area (Å²) in [5, 5.41) is 5.37. The van der Waals surface area contributed by atoms with E-state index in [4.69, 9.17) is 10.2 Å². The van der Waals surface area contributed by atoms with Crippen molar-refractivity contribution in [3.8, 4) is 0 Å². The first-order valence-electron chi connectivity index (χ1n) is 6.29. The average molecular weight is 434 g/mol. The Morgan fingerprint density at radius 3 is 2.55 bits per heavy atom. The van der Waals surface area contributed by atoms with Gasteiger partial charge in [0.15, 0.2) is 11.7 Å². The number of guanidine groups is 1. The van der Waals surface area contributed by atoms with Crippen LogP contribution in [0.3, 0.4) is 0 Å². The number of hydrogen-bond donors (Lipinski definition) is 3. The van der Waals surface area contributed by atoms with Crippen LogP contribution in [0.5, 0.6) is 0 Å². The van der Waals surface area contributed by atoms with Crippen molar-refractivity contribution in [3.05, 3.63) is 23.7 Å². The summed E-state index contributed by atoms with van der Waals surface area (Å²) in [6.07, 6.45) is -5.17. The number of nitrogens with zero attached hydrogens (tertiary/aromatic N) is 1. The molecule has 126 valence electrons. The van der Waals surface area contributed by atoms with Gasteiger partial charge in [-0.2, -0.15) is 13.2 Å². The Morgan fingerprint density at radius 1 is 1.36 bits per heavy atom. The van der Waals surface area contributed by atoms with Crippen molar-refractivity contribution in [2.45, 2.75) is 26.1 Å². The Balaban J connectivity index is 0.00000441. The molecule has 0 unspecified atom stereocenters. The Morgan fingerprint density at radius 2 is 2.05 bits per heavy atom. The monoisotopic (exact) mass is 434 g/mol. The summed E-state index contributed by atoms with van der Waals surface area (Å²) in [5.41, 5.74) is 5.04. The zero-order valence-corrected chi connectivity index (χ0v) is 14.2. The number of halogens is 4. The highest BCUT2D eigenvalue weighted by Crippen LogP contribution is 2.18. The number of primary amides is 1. The van der Waals surface area contributed by atoms with Crippen LogP contribution in [0, 0.1) is 0 Å². The minimum absolute atomic E-state index is 0. The van der Waals surface area contributed by atoms with Gasteiger partial charge in [-0.25, -0.2) is 4.99 Å². The molecule has 6 nitrogen and oxygen atoms in total. The number of hydrogen-bond acceptors (Lipinski definition) is 3. The van der Waals surface area contributed by atoms with Gasteiger partial charge in [0.05, 0.1) is 6.42 Å². The lowest BCUT2D eigenvalue weighted by Gasteiger charge is -2.12. The van der Waals surface area contributed by atoms with Crippen LogP contribution < -0.4 is 16.4 Å². The molecule has 0 aromatic carbocycles. The van der Waals surface area contributed by atoms with E-state index >= 15 is 0 Å². The molecule has 1 amide bonds. The molecule has 0 bridgehead atoms. The minimum Gasteiger partial charge on any atom is -0.454 e. The van der Waals surface area contributed by atoms with Gasteiger partial charge in [-0.3, -0.25) is 4.79 Å². The van der Waals surface area contributed by atoms with E-state index in [-0.39, 0.29) is 48.8 Å². The normalized spacial score (nSPS) is 11.7. The molecule has 0 aliphatic carbocycles. The summed E-state index contributed by atoms with van der Waals surface area (Å²) in [6, 6.07) is 2.94. The molecular formula is C12H18F3IN4O2. The number of furan rings is 1. The van der Waals surface area contributed by atoms with Crippen molar-refractivity contribution >= 4 is 35.8 Å². The zero-order valence-electron chi connectivity index (χ0n) is 11.9. The number of nitrogens with two attached hydrogens (primary N) is 1. The SMILES string of the molecule is CCNC(=NCc1ccc(C(N)=O)o1)NCCC(F)(F)F.I. The maximum Gasteiger partial charge on any atom is 0.390 e. The molecule has 0 aliphatic heterocycles. The van der Waals surface area contributed by atoms with Crippen LogP contribution in [0.25, 0.3) is 0 Å². The average Bonchev–Trinajstić information content (AvgIpc) is 2.83. The van der Waals surface area contributed by atoms with Crippen molar-refractivity contribution in [1.82, 2.24) is 10.6 Å². The first-order valence-corrected chi connectivity index (χ1v) is 6.29.